The van der Waals surface area contributed by atoms with Gasteiger partial charge in [0, 0.05) is 11.8 Å². The SMILES string of the molecule is CCC(C)Oc1ccc(NC(=S)NC(=O)/C=C/c2ccccc2)cc1. The van der Waals surface area contributed by atoms with Crippen molar-refractivity contribution in [2.45, 2.75) is 26.4 Å². The van der Waals surface area contributed by atoms with Gasteiger partial charge in [-0.2, -0.15) is 0 Å². The van der Waals surface area contributed by atoms with E-state index in [2.05, 4.69) is 17.6 Å². The lowest BCUT2D eigenvalue weighted by Crippen LogP contribution is -2.32. The van der Waals surface area contributed by atoms with Crippen molar-refractivity contribution in [1.29, 1.82) is 0 Å². The van der Waals surface area contributed by atoms with Crippen LogP contribution in [0.2, 0.25) is 0 Å². The number of amides is 1. The fourth-order valence-electron chi connectivity index (χ4n) is 1.98. The maximum atomic E-state index is 11.9. The molecular weight excluding hydrogens is 332 g/mol. The van der Waals surface area contributed by atoms with Gasteiger partial charge in [0.15, 0.2) is 5.11 Å². The molecule has 0 saturated carbocycles. The minimum Gasteiger partial charge on any atom is -0.491 e. The number of carbonyl (C=O) groups excluding carboxylic acids is 1. The van der Waals surface area contributed by atoms with Crippen LogP contribution < -0.4 is 15.4 Å². The molecule has 0 aliphatic carbocycles. The third kappa shape index (κ3) is 6.77. The smallest absolute Gasteiger partial charge is 0.250 e. The topological polar surface area (TPSA) is 50.4 Å². The van der Waals surface area contributed by atoms with E-state index < -0.39 is 0 Å². The van der Waals surface area contributed by atoms with Crippen molar-refractivity contribution >= 4 is 35.0 Å². The third-order valence-electron chi connectivity index (χ3n) is 3.49. The van der Waals surface area contributed by atoms with Crippen LogP contribution in [0.15, 0.2) is 60.7 Å². The molecule has 1 unspecified atom stereocenters. The van der Waals surface area contributed by atoms with E-state index in [1.807, 2.05) is 61.5 Å². The number of rotatable bonds is 6. The molecular formula is C20H22N2O2S. The molecule has 0 bridgehead atoms. The summed E-state index contributed by atoms with van der Waals surface area (Å²) in [5, 5.41) is 5.84. The van der Waals surface area contributed by atoms with Gasteiger partial charge in [0.05, 0.1) is 6.10 Å². The number of benzene rings is 2. The number of hydrogen-bond acceptors (Lipinski definition) is 3. The summed E-state index contributed by atoms with van der Waals surface area (Å²) in [5.74, 6) is 0.527. The minimum atomic E-state index is -0.280. The van der Waals surface area contributed by atoms with Gasteiger partial charge in [-0.05, 0) is 61.5 Å². The van der Waals surface area contributed by atoms with E-state index in [4.69, 9.17) is 17.0 Å². The van der Waals surface area contributed by atoms with Crippen molar-refractivity contribution < 1.29 is 9.53 Å². The molecule has 2 N–H and O–H groups in total. The van der Waals surface area contributed by atoms with E-state index in [1.54, 1.807) is 6.08 Å². The summed E-state index contributed by atoms with van der Waals surface area (Å²) in [4.78, 5) is 11.9. The monoisotopic (exact) mass is 354 g/mol. The van der Waals surface area contributed by atoms with Crippen LogP contribution in [-0.4, -0.2) is 17.1 Å². The molecule has 4 nitrogen and oxygen atoms in total. The lowest BCUT2D eigenvalue weighted by atomic mass is 10.2. The van der Waals surface area contributed by atoms with Gasteiger partial charge in [-0.1, -0.05) is 37.3 Å². The van der Waals surface area contributed by atoms with Crippen molar-refractivity contribution in [3.05, 3.63) is 66.2 Å². The fraction of sp³-hybridized carbons (Fsp3) is 0.200. The Morgan fingerprint density at radius 3 is 2.48 bits per heavy atom. The second kappa shape index (κ2) is 9.59. The molecule has 0 aliphatic rings. The normalized spacial score (nSPS) is 11.8. The lowest BCUT2D eigenvalue weighted by Gasteiger charge is -2.13. The second-order valence-electron chi connectivity index (χ2n) is 5.55. The summed E-state index contributed by atoms with van der Waals surface area (Å²) in [6.07, 6.45) is 4.31. The predicted molar refractivity (Wildman–Crippen MR) is 107 cm³/mol. The van der Waals surface area contributed by atoms with Crippen molar-refractivity contribution in [3.63, 3.8) is 0 Å². The van der Waals surface area contributed by atoms with Crippen LogP contribution in [0, 0.1) is 0 Å². The maximum Gasteiger partial charge on any atom is 0.250 e. The molecule has 5 heteroatoms. The molecule has 0 saturated heterocycles. The molecule has 0 spiro atoms. The van der Waals surface area contributed by atoms with Gasteiger partial charge in [-0.3, -0.25) is 10.1 Å². The van der Waals surface area contributed by atoms with Gasteiger partial charge in [0.1, 0.15) is 5.75 Å². The average Bonchev–Trinajstić information content (AvgIpc) is 2.62. The zero-order chi connectivity index (χ0) is 18.1. The summed E-state index contributed by atoms with van der Waals surface area (Å²) in [6.45, 7) is 4.10. The molecule has 25 heavy (non-hydrogen) atoms. The first-order valence-corrected chi connectivity index (χ1v) is 8.59. The Kier molecular flexibility index (Phi) is 7.16. The Hall–Kier alpha value is -2.66. The molecule has 0 aliphatic heterocycles. The van der Waals surface area contributed by atoms with E-state index >= 15 is 0 Å². The van der Waals surface area contributed by atoms with Crippen LogP contribution in [0.3, 0.4) is 0 Å². The first-order chi connectivity index (χ1) is 12.1. The predicted octanol–water partition coefficient (Wildman–Crippen LogP) is 4.39. The van der Waals surface area contributed by atoms with Crippen molar-refractivity contribution in [2.24, 2.45) is 0 Å². The average molecular weight is 354 g/mol. The second-order valence-corrected chi connectivity index (χ2v) is 5.96. The van der Waals surface area contributed by atoms with Crippen molar-refractivity contribution in [2.75, 3.05) is 5.32 Å². The van der Waals surface area contributed by atoms with Gasteiger partial charge in [-0.25, -0.2) is 0 Å². The van der Waals surface area contributed by atoms with E-state index in [0.29, 0.717) is 0 Å². The van der Waals surface area contributed by atoms with E-state index in [0.717, 1.165) is 23.4 Å². The molecule has 0 heterocycles. The first kappa shape index (κ1) is 18.7. The zero-order valence-corrected chi connectivity index (χ0v) is 15.2. The molecule has 2 aromatic rings. The molecule has 2 aromatic carbocycles. The fourth-order valence-corrected chi connectivity index (χ4v) is 2.20. The summed E-state index contributed by atoms with van der Waals surface area (Å²) in [7, 11) is 0. The summed E-state index contributed by atoms with van der Waals surface area (Å²) >= 11 is 5.16. The van der Waals surface area contributed by atoms with Gasteiger partial charge < -0.3 is 10.1 Å². The Morgan fingerprint density at radius 2 is 1.84 bits per heavy atom. The number of nitrogens with one attached hydrogen (secondary N) is 2. The van der Waals surface area contributed by atoms with Gasteiger partial charge in [-0.15, -0.1) is 0 Å². The summed E-state index contributed by atoms with van der Waals surface area (Å²) in [5.41, 5.74) is 1.74. The molecule has 1 amide bonds. The van der Waals surface area contributed by atoms with Gasteiger partial charge in [0.25, 0.3) is 0 Å². The minimum absolute atomic E-state index is 0.176. The largest absolute Gasteiger partial charge is 0.491 e. The highest BCUT2D eigenvalue weighted by Gasteiger charge is 2.04. The van der Waals surface area contributed by atoms with E-state index in [1.165, 1.54) is 6.08 Å². The van der Waals surface area contributed by atoms with Crippen LogP contribution in [-0.2, 0) is 4.79 Å². The number of hydrogen-bond donors (Lipinski definition) is 2. The molecule has 0 radical (unpaired) electrons. The maximum absolute atomic E-state index is 11.9. The van der Waals surface area contributed by atoms with Gasteiger partial charge in [0.2, 0.25) is 5.91 Å². The highest BCUT2D eigenvalue weighted by Crippen LogP contribution is 2.17. The van der Waals surface area contributed by atoms with Crippen LogP contribution >= 0.6 is 12.2 Å². The highest BCUT2D eigenvalue weighted by molar-refractivity contribution is 7.80. The highest BCUT2D eigenvalue weighted by atomic mass is 32.1. The van der Waals surface area contributed by atoms with Crippen molar-refractivity contribution in [3.8, 4) is 5.75 Å². The first-order valence-electron chi connectivity index (χ1n) is 8.18. The van der Waals surface area contributed by atoms with Gasteiger partial charge >= 0.3 is 0 Å². The number of thiocarbonyl (C=S) groups is 1. The quantitative estimate of drug-likeness (QED) is 0.597. The molecule has 2 rings (SSSR count). The van der Waals surface area contributed by atoms with E-state index in [9.17, 15) is 4.79 Å². The lowest BCUT2D eigenvalue weighted by molar-refractivity contribution is -0.115. The molecule has 0 fully saturated rings. The molecule has 130 valence electrons. The summed E-state index contributed by atoms with van der Waals surface area (Å²) in [6, 6.07) is 17.0. The number of carbonyl (C=O) groups is 1. The Bertz CT molecular complexity index is 727. The Balaban J connectivity index is 1.83. The van der Waals surface area contributed by atoms with Crippen LogP contribution in [0.4, 0.5) is 5.69 Å². The van der Waals surface area contributed by atoms with Crippen molar-refractivity contribution in [1.82, 2.24) is 5.32 Å². The third-order valence-corrected chi connectivity index (χ3v) is 3.69. The number of anilines is 1. The summed E-state index contributed by atoms with van der Waals surface area (Å²) < 4.78 is 5.72. The molecule has 0 aromatic heterocycles. The Labute approximate surface area is 153 Å². The van der Waals surface area contributed by atoms with Crippen LogP contribution in [0.25, 0.3) is 6.08 Å². The molecule has 1 atom stereocenters. The van der Waals surface area contributed by atoms with E-state index in [-0.39, 0.29) is 17.1 Å². The van der Waals surface area contributed by atoms with Crippen LogP contribution in [0.5, 0.6) is 5.75 Å². The number of ether oxygens (including phenoxy) is 1. The standard InChI is InChI=1S/C20H22N2O2S/c1-3-15(2)24-18-12-10-17(11-13-18)21-20(25)22-19(23)14-9-16-7-5-4-6-8-16/h4-15H,3H2,1-2H3,(H2,21,22,23,25)/b14-9+. The Morgan fingerprint density at radius 1 is 1.16 bits per heavy atom. The van der Waals surface area contributed by atoms with Crippen LogP contribution in [0.1, 0.15) is 25.8 Å². The zero-order valence-electron chi connectivity index (χ0n) is 14.4.